The van der Waals surface area contributed by atoms with Crippen molar-refractivity contribution < 1.29 is 21.9 Å². The zero-order valence-electron chi connectivity index (χ0n) is 7.35. The Labute approximate surface area is 76.7 Å². The van der Waals surface area contributed by atoms with E-state index in [2.05, 4.69) is 10.8 Å². The molecule has 0 aromatic carbocycles. The lowest BCUT2D eigenvalue weighted by molar-refractivity contribution is -0.127. The van der Waals surface area contributed by atoms with Crippen molar-refractivity contribution in [3.63, 3.8) is 0 Å². The molecule has 1 amide bonds. The van der Waals surface area contributed by atoms with Gasteiger partial charge in [0.15, 0.2) is 0 Å². The molecule has 0 radical (unpaired) electrons. The molecule has 0 bridgehead atoms. The van der Waals surface area contributed by atoms with Gasteiger partial charge in [0, 0.05) is 13.6 Å². The summed E-state index contributed by atoms with van der Waals surface area (Å²) in [7, 11) is -3.21. The zero-order valence-corrected chi connectivity index (χ0v) is 8.17. The molecule has 76 valence electrons. The highest BCUT2D eigenvalue weighted by atomic mass is 32.3. The van der Waals surface area contributed by atoms with Gasteiger partial charge < -0.3 is 9.08 Å². The molecular formula is C6H11NO5S. The molecule has 6 nitrogen and oxygen atoms in total. The van der Waals surface area contributed by atoms with Gasteiger partial charge in [-0.25, -0.2) is 0 Å². The lowest BCUT2D eigenvalue weighted by Gasteiger charge is -2.14. The third-order valence-electron chi connectivity index (χ3n) is 1.27. The molecule has 0 heterocycles. The van der Waals surface area contributed by atoms with Gasteiger partial charge in [-0.15, -0.1) is 0 Å². The summed E-state index contributed by atoms with van der Waals surface area (Å²) in [6.07, 6.45) is 0. The number of hydrogen-bond acceptors (Lipinski definition) is 4. The minimum absolute atomic E-state index is 0.382. The SMILES string of the molecule is C=C(OS(=O)(=O)O)C(=O)N(C)CC. The predicted octanol–water partition coefficient (Wildman–Crippen LogP) is -0.202. The Hall–Kier alpha value is -1.08. The number of nitrogens with zero attached hydrogens (tertiary/aromatic N) is 1. The highest BCUT2D eigenvalue weighted by Gasteiger charge is 2.17. The Kier molecular flexibility index (Phi) is 3.89. The smallest absolute Gasteiger partial charge is 0.357 e. The van der Waals surface area contributed by atoms with Crippen LogP contribution in [0.15, 0.2) is 12.3 Å². The van der Waals surface area contributed by atoms with Gasteiger partial charge in [-0.3, -0.25) is 9.35 Å². The second-order valence-corrected chi connectivity index (χ2v) is 3.28. The molecule has 0 rings (SSSR count). The van der Waals surface area contributed by atoms with E-state index >= 15 is 0 Å². The van der Waals surface area contributed by atoms with E-state index in [-0.39, 0.29) is 0 Å². The minimum Gasteiger partial charge on any atom is -0.357 e. The number of carbonyl (C=O) groups excluding carboxylic acids is 1. The molecule has 0 fully saturated rings. The fourth-order valence-electron chi connectivity index (χ4n) is 0.519. The first-order chi connectivity index (χ1) is 5.78. The minimum atomic E-state index is -4.66. The largest absolute Gasteiger partial charge is 0.446 e. The van der Waals surface area contributed by atoms with Gasteiger partial charge in [0.2, 0.25) is 5.76 Å². The van der Waals surface area contributed by atoms with Crippen LogP contribution in [0, 0.1) is 0 Å². The van der Waals surface area contributed by atoms with E-state index in [0.717, 1.165) is 0 Å². The van der Waals surface area contributed by atoms with Crippen LogP contribution < -0.4 is 0 Å². The van der Waals surface area contributed by atoms with Gasteiger partial charge in [-0.05, 0) is 13.5 Å². The lowest BCUT2D eigenvalue weighted by Crippen LogP contribution is -2.29. The topological polar surface area (TPSA) is 83.9 Å². The third kappa shape index (κ3) is 4.48. The van der Waals surface area contributed by atoms with E-state index in [1.165, 1.54) is 11.9 Å². The summed E-state index contributed by atoms with van der Waals surface area (Å²) >= 11 is 0. The van der Waals surface area contributed by atoms with Crippen molar-refractivity contribution >= 4 is 16.3 Å². The predicted molar refractivity (Wildman–Crippen MR) is 45.1 cm³/mol. The molecule has 0 spiro atoms. The van der Waals surface area contributed by atoms with Crippen LogP contribution in [0.5, 0.6) is 0 Å². The zero-order chi connectivity index (χ0) is 10.6. The molecule has 0 unspecified atom stereocenters. The van der Waals surface area contributed by atoms with Crippen LogP contribution >= 0.6 is 0 Å². The lowest BCUT2D eigenvalue weighted by atomic mass is 10.4. The van der Waals surface area contributed by atoms with Gasteiger partial charge >= 0.3 is 10.4 Å². The standard InChI is InChI=1S/C6H11NO5S/c1-4-7(3)6(8)5(2)12-13(9,10)11/h2,4H2,1,3H3,(H,9,10,11). The van der Waals surface area contributed by atoms with E-state index in [1.807, 2.05) is 0 Å². The summed E-state index contributed by atoms with van der Waals surface area (Å²) in [5, 5.41) is 0. The van der Waals surface area contributed by atoms with E-state index in [1.54, 1.807) is 6.92 Å². The van der Waals surface area contributed by atoms with Gasteiger partial charge in [0.1, 0.15) is 0 Å². The molecule has 0 saturated heterocycles. The molecule has 0 aromatic heterocycles. The van der Waals surface area contributed by atoms with E-state index in [4.69, 9.17) is 4.55 Å². The Bertz CT molecular complexity index is 307. The molecule has 1 N–H and O–H groups in total. The van der Waals surface area contributed by atoms with Crippen LogP contribution in [0.4, 0.5) is 0 Å². The Balaban J connectivity index is 4.38. The van der Waals surface area contributed by atoms with Crippen LogP contribution in [0.1, 0.15) is 6.92 Å². The van der Waals surface area contributed by atoms with Crippen molar-refractivity contribution in [2.75, 3.05) is 13.6 Å². The Morgan fingerprint density at radius 3 is 2.38 bits per heavy atom. The molecule has 0 saturated carbocycles. The summed E-state index contributed by atoms with van der Waals surface area (Å²) < 4.78 is 32.4. The van der Waals surface area contributed by atoms with Crippen molar-refractivity contribution in [3.05, 3.63) is 12.3 Å². The average Bonchev–Trinajstić information content (AvgIpc) is 1.98. The highest BCUT2D eigenvalue weighted by molar-refractivity contribution is 7.81. The number of amides is 1. The fraction of sp³-hybridized carbons (Fsp3) is 0.500. The van der Waals surface area contributed by atoms with Crippen LogP contribution in [-0.2, 0) is 19.4 Å². The second-order valence-electron chi connectivity index (χ2n) is 2.25. The fourth-order valence-corrected chi connectivity index (χ4v) is 0.845. The quantitative estimate of drug-likeness (QED) is 0.393. The van der Waals surface area contributed by atoms with Crippen LogP contribution in [-0.4, -0.2) is 37.4 Å². The number of likely N-dealkylation sites (N-methyl/N-ethyl adjacent to an activating group) is 1. The van der Waals surface area contributed by atoms with E-state index in [9.17, 15) is 13.2 Å². The van der Waals surface area contributed by atoms with Gasteiger partial charge in [-0.1, -0.05) is 0 Å². The Morgan fingerprint density at radius 2 is 2.08 bits per heavy atom. The van der Waals surface area contributed by atoms with Crippen molar-refractivity contribution in [1.29, 1.82) is 0 Å². The number of carbonyl (C=O) groups is 1. The van der Waals surface area contributed by atoms with Crippen molar-refractivity contribution in [1.82, 2.24) is 4.90 Å². The molecule has 7 heteroatoms. The summed E-state index contributed by atoms with van der Waals surface area (Å²) in [6.45, 7) is 5.13. The molecule has 13 heavy (non-hydrogen) atoms. The van der Waals surface area contributed by atoms with Gasteiger partial charge in [-0.2, -0.15) is 8.42 Å². The first-order valence-corrected chi connectivity index (χ1v) is 4.75. The first-order valence-electron chi connectivity index (χ1n) is 3.39. The molecular weight excluding hydrogens is 198 g/mol. The average molecular weight is 209 g/mol. The maximum atomic E-state index is 11.1. The van der Waals surface area contributed by atoms with Crippen LogP contribution in [0.2, 0.25) is 0 Å². The number of hydrogen-bond donors (Lipinski definition) is 1. The van der Waals surface area contributed by atoms with Crippen molar-refractivity contribution in [3.8, 4) is 0 Å². The summed E-state index contributed by atoms with van der Waals surface area (Å²) in [4.78, 5) is 12.3. The molecule has 0 atom stereocenters. The highest BCUT2D eigenvalue weighted by Crippen LogP contribution is 2.02. The van der Waals surface area contributed by atoms with E-state index in [0.29, 0.717) is 6.54 Å². The molecule has 0 aromatic rings. The van der Waals surface area contributed by atoms with Crippen molar-refractivity contribution in [2.45, 2.75) is 6.92 Å². The van der Waals surface area contributed by atoms with Crippen molar-refractivity contribution in [2.24, 2.45) is 0 Å². The summed E-state index contributed by atoms with van der Waals surface area (Å²) in [6, 6.07) is 0. The third-order valence-corrected chi connectivity index (χ3v) is 1.68. The summed E-state index contributed by atoms with van der Waals surface area (Å²) in [5.41, 5.74) is 0. The second kappa shape index (κ2) is 4.24. The van der Waals surface area contributed by atoms with Gasteiger partial charge in [0.05, 0.1) is 0 Å². The molecule has 0 aliphatic heterocycles. The summed E-state index contributed by atoms with van der Waals surface area (Å²) in [5.74, 6) is -1.33. The maximum Gasteiger partial charge on any atom is 0.446 e. The first kappa shape index (κ1) is 11.9. The normalized spacial score (nSPS) is 10.7. The molecule has 0 aliphatic carbocycles. The maximum absolute atomic E-state index is 11.1. The molecule has 0 aliphatic rings. The van der Waals surface area contributed by atoms with E-state index < -0.39 is 22.1 Å². The number of rotatable bonds is 4. The Morgan fingerprint density at radius 1 is 1.62 bits per heavy atom. The monoisotopic (exact) mass is 209 g/mol. The van der Waals surface area contributed by atoms with Gasteiger partial charge in [0.25, 0.3) is 5.91 Å². The van der Waals surface area contributed by atoms with Crippen LogP contribution in [0.25, 0.3) is 0 Å². The van der Waals surface area contributed by atoms with Crippen LogP contribution in [0.3, 0.4) is 0 Å².